The van der Waals surface area contributed by atoms with Crippen molar-refractivity contribution in [3.8, 4) is 17.1 Å². The predicted molar refractivity (Wildman–Crippen MR) is 92.1 cm³/mol. The fraction of sp³-hybridized carbons (Fsp3) is 0.211. The molecular formula is C19H16FN3O3. The number of carbonyl (C=O) groups is 1. The highest BCUT2D eigenvalue weighted by molar-refractivity contribution is 5.95. The van der Waals surface area contributed by atoms with Crippen molar-refractivity contribution in [2.24, 2.45) is 0 Å². The zero-order chi connectivity index (χ0) is 17.9. The van der Waals surface area contributed by atoms with Crippen molar-refractivity contribution in [2.45, 2.75) is 19.4 Å². The topological polar surface area (TPSA) is 68.5 Å². The quantitative estimate of drug-likeness (QED) is 0.701. The number of halogens is 1. The van der Waals surface area contributed by atoms with Crippen molar-refractivity contribution in [1.82, 2.24) is 10.1 Å². The highest BCUT2D eigenvalue weighted by Gasteiger charge is 2.21. The molecule has 26 heavy (non-hydrogen) atoms. The van der Waals surface area contributed by atoms with E-state index in [0.717, 1.165) is 18.7 Å². The van der Waals surface area contributed by atoms with E-state index in [1.807, 2.05) is 18.2 Å². The lowest BCUT2D eigenvalue weighted by atomic mass is 10.2. The molecule has 0 radical (unpaired) electrons. The van der Waals surface area contributed by atoms with Gasteiger partial charge in [-0.15, -0.1) is 0 Å². The second-order valence-electron chi connectivity index (χ2n) is 5.95. The van der Waals surface area contributed by atoms with Crippen LogP contribution in [0.4, 0.5) is 10.1 Å². The van der Waals surface area contributed by atoms with Gasteiger partial charge in [-0.3, -0.25) is 4.79 Å². The number of carbonyl (C=O) groups excluding carboxylic acids is 1. The van der Waals surface area contributed by atoms with Crippen molar-refractivity contribution in [2.75, 3.05) is 11.4 Å². The first-order chi connectivity index (χ1) is 12.7. The molecule has 1 aliphatic rings. The third-order valence-electron chi connectivity index (χ3n) is 4.14. The molecule has 0 spiro atoms. The molecule has 0 bridgehead atoms. The summed E-state index contributed by atoms with van der Waals surface area (Å²) >= 11 is 0. The molecular weight excluding hydrogens is 337 g/mol. The molecule has 1 saturated heterocycles. The Kier molecular flexibility index (Phi) is 4.35. The Hall–Kier alpha value is -3.22. The molecule has 1 fully saturated rings. The molecule has 1 aromatic heterocycles. The average Bonchev–Trinajstić information content (AvgIpc) is 3.30. The molecule has 0 saturated carbocycles. The van der Waals surface area contributed by atoms with Crippen molar-refractivity contribution in [3.05, 3.63) is 60.2 Å². The number of hydrogen-bond acceptors (Lipinski definition) is 5. The third kappa shape index (κ3) is 3.42. The summed E-state index contributed by atoms with van der Waals surface area (Å²) in [5.41, 5.74) is 1.48. The first-order valence-corrected chi connectivity index (χ1v) is 8.31. The normalized spacial score (nSPS) is 14.0. The minimum atomic E-state index is -0.322. The molecule has 132 valence electrons. The van der Waals surface area contributed by atoms with Crippen LogP contribution < -0.4 is 9.64 Å². The SMILES string of the molecule is O=C1CCCN1c1cccc(OCc2nc(-c3ccc(F)cc3)no2)c1. The van der Waals surface area contributed by atoms with E-state index in [1.165, 1.54) is 12.1 Å². The number of rotatable bonds is 5. The Morgan fingerprint density at radius 1 is 1.19 bits per heavy atom. The Balaban J connectivity index is 1.43. The molecule has 1 amide bonds. The van der Waals surface area contributed by atoms with E-state index < -0.39 is 0 Å². The van der Waals surface area contributed by atoms with Crippen molar-refractivity contribution < 1.29 is 18.4 Å². The molecule has 2 aromatic carbocycles. The lowest BCUT2D eigenvalue weighted by Gasteiger charge is -2.16. The number of benzene rings is 2. The second kappa shape index (κ2) is 6.95. The van der Waals surface area contributed by atoms with Crippen LogP contribution in [-0.2, 0) is 11.4 Å². The van der Waals surface area contributed by atoms with Crippen LogP contribution in [0.15, 0.2) is 53.1 Å². The van der Waals surface area contributed by atoms with Gasteiger partial charge >= 0.3 is 0 Å². The minimum absolute atomic E-state index is 0.103. The first kappa shape index (κ1) is 16.3. The monoisotopic (exact) mass is 353 g/mol. The lowest BCUT2D eigenvalue weighted by molar-refractivity contribution is -0.117. The maximum Gasteiger partial charge on any atom is 0.264 e. The molecule has 3 aromatic rings. The predicted octanol–water partition coefficient (Wildman–Crippen LogP) is 3.58. The van der Waals surface area contributed by atoms with E-state index in [9.17, 15) is 9.18 Å². The maximum atomic E-state index is 13.0. The molecule has 1 aliphatic heterocycles. The van der Waals surface area contributed by atoms with E-state index in [4.69, 9.17) is 9.26 Å². The van der Waals surface area contributed by atoms with Gasteiger partial charge < -0.3 is 14.2 Å². The Morgan fingerprint density at radius 2 is 2.04 bits per heavy atom. The standard InChI is InChI=1S/C19H16FN3O3/c20-14-8-6-13(7-9-14)19-21-17(26-22-19)12-25-16-4-1-3-15(11-16)23-10-2-5-18(23)24/h1,3-4,6-9,11H,2,5,10,12H2. The average molecular weight is 353 g/mol. The first-order valence-electron chi connectivity index (χ1n) is 8.31. The zero-order valence-corrected chi connectivity index (χ0v) is 13.9. The van der Waals surface area contributed by atoms with Crippen LogP contribution in [0.1, 0.15) is 18.7 Å². The van der Waals surface area contributed by atoms with Gasteiger partial charge in [0, 0.05) is 30.3 Å². The van der Waals surface area contributed by atoms with Crippen LogP contribution in [0.2, 0.25) is 0 Å². The zero-order valence-electron chi connectivity index (χ0n) is 13.9. The lowest BCUT2D eigenvalue weighted by Crippen LogP contribution is -2.23. The van der Waals surface area contributed by atoms with Gasteiger partial charge in [-0.05, 0) is 42.8 Å². The molecule has 0 atom stereocenters. The van der Waals surface area contributed by atoms with Gasteiger partial charge in [0.1, 0.15) is 11.6 Å². The van der Waals surface area contributed by atoms with Gasteiger partial charge in [-0.25, -0.2) is 4.39 Å². The number of ether oxygens (including phenoxy) is 1. The Bertz CT molecular complexity index is 924. The van der Waals surface area contributed by atoms with Crippen LogP contribution in [0, 0.1) is 5.82 Å². The summed E-state index contributed by atoms with van der Waals surface area (Å²) in [5, 5.41) is 3.88. The highest BCUT2D eigenvalue weighted by atomic mass is 19.1. The highest BCUT2D eigenvalue weighted by Crippen LogP contribution is 2.26. The molecule has 0 unspecified atom stereocenters. The molecule has 7 heteroatoms. The molecule has 0 aliphatic carbocycles. The number of aromatic nitrogens is 2. The Labute approximate surface area is 149 Å². The fourth-order valence-corrected chi connectivity index (χ4v) is 2.84. The number of amides is 1. The number of anilines is 1. The van der Waals surface area contributed by atoms with Crippen LogP contribution in [0.5, 0.6) is 5.75 Å². The van der Waals surface area contributed by atoms with Crippen LogP contribution >= 0.6 is 0 Å². The van der Waals surface area contributed by atoms with Crippen LogP contribution in [-0.4, -0.2) is 22.6 Å². The van der Waals surface area contributed by atoms with E-state index in [-0.39, 0.29) is 18.3 Å². The van der Waals surface area contributed by atoms with Crippen LogP contribution in [0.3, 0.4) is 0 Å². The summed E-state index contributed by atoms with van der Waals surface area (Å²) in [6.07, 6.45) is 1.46. The van der Waals surface area contributed by atoms with Gasteiger partial charge in [0.15, 0.2) is 6.61 Å². The van der Waals surface area contributed by atoms with Gasteiger partial charge in [-0.2, -0.15) is 4.98 Å². The number of hydrogen-bond donors (Lipinski definition) is 0. The summed E-state index contributed by atoms with van der Waals surface area (Å²) in [6, 6.07) is 13.2. The van der Waals surface area contributed by atoms with E-state index >= 15 is 0 Å². The third-order valence-corrected chi connectivity index (χ3v) is 4.14. The summed E-state index contributed by atoms with van der Waals surface area (Å²) in [6.45, 7) is 0.832. The largest absolute Gasteiger partial charge is 0.484 e. The van der Waals surface area contributed by atoms with Crippen molar-refractivity contribution in [3.63, 3.8) is 0 Å². The van der Waals surface area contributed by atoms with E-state index in [0.29, 0.717) is 29.4 Å². The summed E-state index contributed by atoms with van der Waals surface area (Å²) in [7, 11) is 0. The minimum Gasteiger partial charge on any atom is -0.484 e. The van der Waals surface area contributed by atoms with E-state index in [2.05, 4.69) is 10.1 Å². The maximum absolute atomic E-state index is 13.0. The summed E-state index contributed by atoms with van der Waals surface area (Å²) < 4.78 is 23.9. The number of nitrogens with zero attached hydrogens (tertiary/aromatic N) is 3. The Morgan fingerprint density at radius 3 is 2.81 bits per heavy atom. The van der Waals surface area contributed by atoms with Gasteiger partial charge in [0.25, 0.3) is 5.89 Å². The molecule has 0 N–H and O–H groups in total. The molecule has 6 nitrogen and oxygen atoms in total. The molecule has 4 rings (SSSR count). The summed E-state index contributed by atoms with van der Waals surface area (Å²) in [5.74, 6) is 1.11. The second-order valence-corrected chi connectivity index (χ2v) is 5.95. The van der Waals surface area contributed by atoms with Gasteiger partial charge in [0.2, 0.25) is 11.7 Å². The van der Waals surface area contributed by atoms with Gasteiger partial charge in [0.05, 0.1) is 0 Å². The summed E-state index contributed by atoms with van der Waals surface area (Å²) in [4.78, 5) is 17.9. The smallest absolute Gasteiger partial charge is 0.264 e. The van der Waals surface area contributed by atoms with Gasteiger partial charge in [-0.1, -0.05) is 11.2 Å². The van der Waals surface area contributed by atoms with Crippen LogP contribution in [0.25, 0.3) is 11.4 Å². The van der Waals surface area contributed by atoms with Crippen molar-refractivity contribution >= 4 is 11.6 Å². The van der Waals surface area contributed by atoms with Crippen molar-refractivity contribution in [1.29, 1.82) is 0 Å². The fourth-order valence-electron chi connectivity index (χ4n) is 2.84. The van der Waals surface area contributed by atoms with E-state index in [1.54, 1.807) is 23.1 Å². The molecule has 2 heterocycles.